The molecule has 2 aromatic rings. The second-order valence-corrected chi connectivity index (χ2v) is 6.92. The van der Waals surface area contributed by atoms with Gasteiger partial charge in [-0.25, -0.2) is 4.99 Å². The third kappa shape index (κ3) is 7.66. The van der Waals surface area contributed by atoms with E-state index >= 15 is 0 Å². The summed E-state index contributed by atoms with van der Waals surface area (Å²) in [5.41, 5.74) is 3.95. The topological polar surface area (TPSA) is 75.1 Å². The van der Waals surface area contributed by atoms with Gasteiger partial charge in [0, 0.05) is 26.3 Å². The quantitative estimate of drug-likeness (QED) is 0.323. The molecule has 0 aliphatic carbocycles. The summed E-state index contributed by atoms with van der Waals surface area (Å²) < 4.78 is 10.6. The number of phenolic OH excluding ortho intramolecular Hbond substituents is 1. The Hall–Kier alpha value is -2.73. The molecule has 0 heterocycles. The van der Waals surface area contributed by atoms with Crippen LogP contribution in [0.3, 0.4) is 0 Å². The highest BCUT2D eigenvalue weighted by Crippen LogP contribution is 2.23. The summed E-state index contributed by atoms with van der Waals surface area (Å²) in [6.07, 6.45) is 0.911. The van der Waals surface area contributed by atoms with E-state index in [2.05, 4.69) is 10.6 Å². The third-order valence-corrected chi connectivity index (χ3v) is 4.55. The maximum atomic E-state index is 9.96. The van der Waals surface area contributed by atoms with Crippen molar-refractivity contribution in [3.63, 3.8) is 0 Å². The van der Waals surface area contributed by atoms with Crippen LogP contribution in [0.15, 0.2) is 41.4 Å². The van der Waals surface area contributed by atoms with Crippen LogP contribution in [0.25, 0.3) is 0 Å². The van der Waals surface area contributed by atoms with Gasteiger partial charge in [0.05, 0.1) is 13.7 Å². The molecular weight excluding hydrogens is 366 g/mol. The minimum atomic E-state index is 0.352. The number of aryl methyl sites for hydroxylation is 2. The van der Waals surface area contributed by atoms with Crippen LogP contribution in [0.4, 0.5) is 0 Å². The van der Waals surface area contributed by atoms with E-state index in [4.69, 9.17) is 14.5 Å². The summed E-state index contributed by atoms with van der Waals surface area (Å²) in [5.74, 6) is 1.94. The normalized spacial score (nSPS) is 11.4. The number of rotatable bonds is 10. The van der Waals surface area contributed by atoms with E-state index in [-0.39, 0.29) is 0 Å². The molecule has 3 N–H and O–H groups in total. The Morgan fingerprint density at radius 1 is 1.03 bits per heavy atom. The van der Waals surface area contributed by atoms with Crippen molar-refractivity contribution < 1.29 is 14.6 Å². The highest BCUT2D eigenvalue weighted by atomic mass is 16.5. The fourth-order valence-corrected chi connectivity index (χ4v) is 2.94. The fraction of sp³-hybridized carbons (Fsp3) is 0.435. The molecule has 0 saturated heterocycles. The minimum Gasteiger partial charge on any atom is -0.507 e. The molecule has 158 valence electrons. The number of hydrogen-bond acceptors (Lipinski definition) is 4. The minimum absolute atomic E-state index is 0.352. The number of hydrogen-bond donors (Lipinski definition) is 3. The number of nitrogens with one attached hydrogen (secondary N) is 2. The van der Waals surface area contributed by atoms with Gasteiger partial charge in [0.1, 0.15) is 11.5 Å². The van der Waals surface area contributed by atoms with Crippen LogP contribution >= 0.6 is 0 Å². The first-order valence-electron chi connectivity index (χ1n) is 10.1. The lowest BCUT2D eigenvalue weighted by Gasteiger charge is -2.14. The third-order valence-electron chi connectivity index (χ3n) is 4.55. The van der Waals surface area contributed by atoms with Crippen molar-refractivity contribution in [3.8, 4) is 11.5 Å². The summed E-state index contributed by atoms with van der Waals surface area (Å²) in [7, 11) is 1.66. The van der Waals surface area contributed by atoms with Gasteiger partial charge in [0.15, 0.2) is 5.96 Å². The van der Waals surface area contributed by atoms with Gasteiger partial charge in [-0.2, -0.15) is 0 Å². The first kappa shape index (κ1) is 22.6. The zero-order chi connectivity index (χ0) is 21.1. The van der Waals surface area contributed by atoms with E-state index in [1.807, 2.05) is 57.2 Å². The molecule has 29 heavy (non-hydrogen) atoms. The van der Waals surface area contributed by atoms with Crippen molar-refractivity contribution in [3.05, 3.63) is 58.7 Å². The molecule has 0 aliphatic rings. The highest BCUT2D eigenvalue weighted by molar-refractivity contribution is 5.79. The molecule has 0 atom stereocenters. The standard InChI is InChI=1S/C23H33N3O3/c1-5-29-12-6-11-24-23(25-15-19-7-9-21(28-4)10-8-19)26-16-20-13-17(2)22(27)18(3)14-20/h7-10,13-14,27H,5-6,11-12,15-16H2,1-4H3,(H2,24,25,26). The lowest BCUT2D eigenvalue weighted by Crippen LogP contribution is -2.37. The van der Waals surface area contributed by atoms with E-state index < -0.39 is 0 Å². The molecule has 0 aromatic heterocycles. The first-order valence-corrected chi connectivity index (χ1v) is 10.1. The average molecular weight is 400 g/mol. The smallest absolute Gasteiger partial charge is 0.191 e. The number of methoxy groups -OCH3 is 1. The SMILES string of the molecule is CCOCCCNC(=NCc1cc(C)c(O)c(C)c1)NCc1ccc(OC)cc1. The number of benzene rings is 2. The molecule has 0 unspecified atom stereocenters. The summed E-state index contributed by atoms with van der Waals surface area (Å²) in [4.78, 5) is 4.72. The Bertz CT molecular complexity index is 765. The highest BCUT2D eigenvalue weighted by Gasteiger charge is 2.05. The van der Waals surface area contributed by atoms with Crippen LogP contribution in [0, 0.1) is 13.8 Å². The molecule has 6 heteroatoms. The van der Waals surface area contributed by atoms with Gasteiger partial charge >= 0.3 is 0 Å². The van der Waals surface area contributed by atoms with Crippen molar-refractivity contribution in [2.45, 2.75) is 40.3 Å². The summed E-state index contributed by atoms with van der Waals surface area (Å²) in [5, 5.41) is 16.7. The molecule has 0 radical (unpaired) electrons. The summed E-state index contributed by atoms with van der Waals surface area (Å²) in [6.45, 7) is 9.25. The Kier molecular flexibility index (Phi) is 9.31. The van der Waals surface area contributed by atoms with Crippen LogP contribution in [0.2, 0.25) is 0 Å². The van der Waals surface area contributed by atoms with Crippen molar-refractivity contribution >= 4 is 5.96 Å². The van der Waals surface area contributed by atoms with Gasteiger partial charge in [0.25, 0.3) is 0 Å². The molecule has 0 bridgehead atoms. The second kappa shape index (κ2) is 12.0. The van der Waals surface area contributed by atoms with Gasteiger partial charge in [0.2, 0.25) is 0 Å². The maximum absolute atomic E-state index is 9.96. The number of ether oxygens (including phenoxy) is 2. The predicted octanol–water partition coefficient (Wildman–Crippen LogP) is 3.68. The monoisotopic (exact) mass is 399 g/mol. The lowest BCUT2D eigenvalue weighted by atomic mass is 10.1. The molecule has 0 fully saturated rings. The zero-order valence-electron chi connectivity index (χ0n) is 17.9. The van der Waals surface area contributed by atoms with Crippen LogP contribution in [-0.4, -0.2) is 37.9 Å². The Balaban J connectivity index is 2.01. The molecule has 0 amide bonds. The number of guanidine groups is 1. The van der Waals surface area contributed by atoms with Gasteiger partial charge in [-0.15, -0.1) is 0 Å². The maximum Gasteiger partial charge on any atom is 0.191 e. The Labute approximate surface area is 174 Å². The number of nitrogens with zero attached hydrogens (tertiary/aromatic N) is 1. The van der Waals surface area contributed by atoms with Gasteiger partial charge in [-0.3, -0.25) is 0 Å². The molecule has 0 spiro atoms. The van der Waals surface area contributed by atoms with Crippen molar-refractivity contribution in [2.24, 2.45) is 4.99 Å². The molecule has 2 aromatic carbocycles. The lowest BCUT2D eigenvalue weighted by molar-refractivity contribution is 0.145. The number of aromatic hydroxyl groups is 1. The van der Waals surface area contributed by atoms with Crippen LogP contribution < -0.4 is 15.4 Å². The van der Waals surface area contributed by atoms with Gasteiger partial charge < -0.3 is 25.2 Å². The number of aliphatic imine (C=N–C) groups is 1. The number of phenols is 1. The van der Waals surface area contributed by atoms with E-state index in [9.17, 15) is 5.11 Å². The molecular formula is C23H33N3O3. The summed E-state index contributed by atoms with van der Waals surface area (Å²) in [6, 6.07) is 11.9. The predicted molar refractivity (Wildman–Crippen MR) is 118 cm³/mol. The van der Waals surface area contributed by atoms with Crippen LogP contribution in [0.1, 0.15) is 35.6 Å². The fourth-order valence-electron chi connectivity index (χ4n) is 2.94. The van der Waals surface area contributed by atoms with Crippen molar-refractivity contribution in [1.29, 1.82) is 0 Å². The van der Waals surface area contributed by atoms with E-state index in [0.717, 1.165) is 60.1 Å². The molecule has 6 nitrogen and oxygen atoms in total. The largest absolute Gasteiger partial charge is 0.507 e. The second-order valence-electron chi connectivity index (χ2n) is 6.92. The molecule has 0 aliphatic heterocycles. The van der Waals surface area contributed by atoms with Gasteiger partial charge in [-0.05, 0) is 61.6 Å². The van der Waals surface area contributed by atoms with Crippen molar-refractivity contribution in [2.75, 3.05) is 26.9 Å². The van der Waals surface area contributed by atoms with Crippen molar-refractivity contribution in [1.82, 2.24) is 10.6 Å². The molecule has 2 rings (SSSR count). The van der Waals surface area contributed by atoms with Crippen LogP contribution in [0.5, 0.6) is 11.5 Å². The Morgan fingerprint density at radius 3 is 2.34 bits per heavy atom. The Morgan fingerprint density at radius 2 is 1.72 bits per heavy atom. The van der Waals surface area contributed by atoms with Gasteiger partial charge in [-0.1, -0.05) is 24.3 Å². The molecule has 0 saturated carbocycles. The van der Waals surface area contributed by atoms with Crippen LogP contribution in [-0.2, 0) is 17.8 Å². The van der Waals surface area contributed by atoms with E-state index in [0.29, 0.717) is 18.8 Å². The first-order chi connectivity index (χ1) is 14.0. The van der Waals surface area contributed by atoms with E-state index in [1.54, 1.807) is 7.11 Å². The van der Waals surface area contributed by atoms with E-state index in [1.165, 1.54) is 0 Å². The average Bonchev–Trinajstić information content (AvgIpc) is 2.73. The summed E-state index contributed by atoms with van der Waals surface area (Å²) >= 11 is 0. The zero-order valence-corrected chi connectivity index (χ0v) is 17.9.